The first-order chi connectivity index (χ1) is 14.2. The Balaban J connectivity index is 1.37. The summed E-state index contributed by atoms with van der Waals surface area (Å²) in [6.45, 7) is 2.11. The first kappa shape index (κ1) is 18.9. The van der Waals surface area contributed by atoms with E-state index in [1.54, 1.807) is 41.3 Å². The van der Waals surface area contributed by atoms with E-state index in [0.29, 0.717) is 55.0 Å². The maximum Gasteiger partial charge on any atom is 0.256 e. The van der Waals surface area contributed by atoms with Gasteiger partial charge >= 0.3 is 0 Å². The average molecular weight is 396 g/mol. The summed E-state index contributed by atoms with van der Waals surface area (Å²) >= 11 is 0. The number of rotatable bonds is 6. The minimum absolute atomic E-state index is 0.121. The second-order valence-corrected chi connectivity index (χ2v) is 6.49. The van der Waals surface area contributed by atoms with E-state index < -0.39 is 0 Å². The number of nitrogens with zero attached hydrogens (tertiary/aromatic N) is 3. The number of morpholine rings is 1. The predicted molar refractivity (Wildman–Crippen MR) is 102 cm³/mol. The molecule has 3 heterocycles. The minimum Gasteiger partial charge on any atom is -0.461 e. The number of amides is 2. The Kier molecular flexibility index (Phi) is 5.66. The molecule has 9 heteroatoms. The van der Waals surface area contributed by atoms with E-state index in [0.717, 1.165) is 0 Å². The Morgan fingerprint density at radius 1 is 1.10 bits per heavy atom. The van der Waals surface area contributed by atoms with E-state index in [1.807, 2.05) is 0 Å². The van der Waals surface area contributed by atoms with E-state index in [-0.39, 0.29) is 24.7 Å². The maximum atomic E-state index is 12.8. The summed E-state index contributed by atoms with van der Waals surface area (Å²) in [5.41, 5.74) is 0.941. The summed E-state index contributed by atoms with van der Waals surface area (Å²) in [5.74, 6) is 0.810. The zero-order valence-corrected chi connectivity index (χ0v) is 15.7. The van der Waals surface area contributed by atoms with Crippen molar-refractivity contribution in [3.05, 3.63) is 54.1 Å². The topological polar surface area (TPSA) is 111 Å². The average Bonchev–Trinajstić information content (AvgIpc) is 3.45. The molecule has 1 N–H and O–H groups in total. The van der Waals surface area contributed by atoms with Crippen LogP contribution in [0, 0.1) is 0 Å². The van der Waals surface area contributed by atoms with Gasteiger partial charge in [-0.25, -0.2) is 0 Å². The molecule has 1 aromatic carbocycles. The standard InChI is InChI=1S/C20H20N4O5/c25-17(7-8-18-22-19(23-29-18)16-6-3-11-28-16)21-15-5-2-1-4-14(15)20(26)24-9-12-27-13-10-24/h1-6,11H,7-10,12-13H2,(H,21,25). The lowest BCUT2D eigenvalue weighted by molar-refractivity contribution is -0.116. The summed E-state index contributed by atoms with van der Waals surface area (Å²) in [7, 11) is 0. The number of ether oxygens (including phenoxy) is 1. The Labute approximate surface area is 166 Å². The lowest BCUT2D eigenvalue weighted by Gasteiger charge is -2.27. The SMILES string of the molecule is O=C(CCc1nc(-c2ccco2)no1)Nc1ccccc1C(=O)N1CCOCC1. The van der Waals surface area contributed by atoms with Gasteiger partial charge < -0.3 is 23.9 Å². The van der Waals surface area contributed by atoms with Gasteiger partial charge in [-0.2, -0.15) is 4.98 Å². The summed E-state index contributed by atoms with van der Waals surface area (Å²) < 4.78 is 15.7. The van der Waals surface area contributed by atoms with Gasteiger partial charge in [0, 0.05) is 25.9 Å². The van der Waals surface area contributed by atoms with Crippen LogP contribution in [-0.2, 0) is 16.0 Å². The van der Waals surface area contributed by atoms with Crippen LogP contribution in [-0.4, -0.2) is 53.2 Å². The normalized spacial score (nSPS) is 14.0. The molecular weight excluding hydrogens is 376 g/mol. The van der Waals surface area contributed by atoms with Crippen LogP contribution < -0.4 is 5.32 Å². The first-order valence-corrected chi connectivity index (χ1v) is 9.33. The van der Waals surface area contributed by atoms with Crippen LogP contribution in [0.3, 0.4) is 0 Å². The third-order valence-corrected chi connectivity index (χ3v) is 4.51. The van der Waals surface area contributed by atoms with Gasteiger partial charge in [0.1, 0.15) is 0 Å². The molecule has 0 saturated carbocycles. The molecule has 1 aliphatic rings. The Morgan fingerprint density at radius 2 is 1.93 bits per heavy atom. The molecule has 0 atom stereocenters. The first-order valence-electron chi connectivity index (χ1n) is 9.33. The molecule has 2 amide bonds. The molecule has 150 valence electrons. The monoisotopic (exact) mass is 396 g/mol. The zero-order valence-electron chi connectivity index (χ0n) is 15.7. The Morgan fingerprint density at radius 3 is 2.72 bits per heavy atom. The van der Waals surface area contributed by atoms with Gasteiger partial charge in [-0.05, 0) is 24.3 Å². The van der Waals surface area contributed by atoms with Crippen molar-refractivity contribution in [2.75, 3.05) is 31.6 Å². The number of furan rings is 1. The number of aromatic nitrogens is 2. The molecule has 2 aromatic heterocycles. The third-order valence-electron chi connectivity index (χ3n) is 4.51. The number of hydrogen-bond acceptors (Lipinski definition) is 7. The Hall–Kier alpha value is -3.46. The van der Waals surface area contributed by atoms with Gasteiger partial charge in [0.25, 0.3) is 5.91 Å². The van der Waals surface area contributed by atoms with Crippen molar-refractivity contribution in [2.45, 2.75) is 12.8 Å². The molecule has 0 spiro atoms. The van der Waals surface area contributed by atoms with Crippen molar-refractivity contribution in [1.29, 1.82) is 0 Å². The fourth-order valence-corrected chi connectivity index (χ4v) is 3.01. The lowest BCUT2D eigenvalue weighted by atomic mass is 10.1. The molecule has 4 rings (SSSR count). The molecule has 1 aliphatic heterocycles. The smallest absolute Gasteiger partial charge is 0.256 e. The highest BCUT2D eigenvalue weighted by Gasteiger charge is 2.21. The van der Waals surface area contributed by atoms with Crippen molar-refractivity contribution >= 4 is 17.5 Å². The molecule has 0 aliphatic carbocycles. The number of hydrogen-bond donors (Lipinski definition) is 1. The van der Waals surface area contributed by atoms with Crippen molar-refractivity contribution < 1.29 is 23.3 Å². The Bertz CT molecular complexity index is 976. The van der Waals surface area contributed by atoms with Gasteiger partial charge in [-0.15, -0.1) is 0 Å². The molecule has 3 aromatic rings. The predicted octanol–water partition coefficient (Wildman–Crippen LogP) is 2.37. The van der Waals surface area contributed by atoms with Gasteiger partial charge in [-0.1, -0.05) is 17.3 Å². The largest absolute Gasteiger partial charge is 0.461 e. The zero-order chi connectivity index (χ0) is 20.1. The number of para-hydroxylation sites is 1. The highest BCUT2D eigenvalue weighted by atomic mass is 16.5. The second kappa shape index (κ2) is 8.70. The molecule has 1 saturated heterocycles. The van der Waals surface area contributed by atoms with Crippen molar-refractivity contribution in [3.63, 3.8) is 0 Å². The number of carbonyl (C=O) groups is 2. The summed E-state index contributed by atoms with van der Waals surface area (Å²) in [4.78, 5) is 31.1. The van der Waals surface area contributed by atoms with Gasteiger partial charge in [-0.3, -0.25) is 9.59 Å². The quantitative estimate of drug-likeness (QED) is 0.681. The molecule has 0 unspecified atom stereocenters. The highest BCUT2D eigenvalue weighted by molar-refractivity contribution is 6.03. The van der Waals surface area contributed by atoms with Crippen LogP contribution in [0.5, 0.6) is 0 Å². The van der Waals surface area contributed by atoms with E-state index in [9.17, 15) is 9.59 Å². The van der Waals surface area contributed by atoms with E-state index >= 15 is 0 Å². The minimum atomic E-state index is -0.245. The molecule has 29 heavy (non-hydrogen) atoms. The number of nitrogens with one attached hydrogen (secondary N) is 1. The van der Waals surface area contributed by atoms with Gasteiger partial charge in [0.2, 0.25) is 17.6 Å². The molecule has 1 fully saturated rings. The van der Waals surface area contributed by atoms with Crippen LogP contribution in [0.25, 0.3) is 11.6 Å². The van der Waals surface area contributed by atoms with Crippen LogP contribution in [0.15, 0.2) is 51.6 Å². The second-order valence-electron chi connectivity index (χ2n) is 6.49. The number of carbonyl (C=O) groups excluding carboxylic acids is 2. The lowest BCUT2D eigenvalue weighted by Crippen LogP contribution is -2.41. The summed E-state index contributed by atoms with van der Waals surface area (Å²) in [6, 6.07) is 10.4. The van der Waals surface area contributed by atoms with Crippen LogP contribution in [0.4, 0.5) is 5.69 Å². The molecule has 9 nitrogen and oxygen atoms in total. The molecule has 0 bridgehead atoms. The fourth-order valence-electron chi connectivity index (χ4n) is 3.01. The van der Waals surface area contributed by atoms with E-state index in [1.165, 1.54) is 6.26 Å². The molecular formula is C20H20N4O5. The van der Waals surface area contributed by atoms with Crippen molar-refractivity contribution in [3.8, 4) is 11.6 Å². The number of aryl methyl sites for hydroxylation is 1. The van der Waals surface area contributed by atoms with Crippen LogP contribution >= 0.6 is 0 Å². The van der Waals surface area contributed by atoms with E-state index in [4.69, 9.17) is 13.7 Å². The summed E-state index contributed by atoms with van der Waals surface area (Å²) in [6.07, 6.45) is 1.94. The van der Waals surface area contributed by atoms with Gasteiger partial charge in [0.15, 0.2) is 5.76 Å². The third kappa shape index (κ3) is 4.52. The number of benzene rings is 1. The maximum absolute atomic E-state index is 12.8. The summed E-state index contributed by atoms with van der Waals surface area (Å²) in [5, 5.41) is 6.65. The number of anilines is 1. The van der Waals surface area contributed by atoms with Crippen LogP contribution in [0.2, 0.25) is 0 Å². The highest BCUT2D eigenvalue weighted by Crippen LogP contribution is 2.19. The van der Waals surface area contributed by atoms with Gasteiger partial charge in [0.05, 0.1) is 30.7 Å². The van der Waals surface area contributed by atoms with Crippen LogP contribution in [0.1, 0.15) is 22.7 Å². The fraction of sp³-hybridized carbons (Fsp3) is 0.300. The van der Waals surface area contributed by atoms with E-state index in [2.05, 4.69) is 15.5 Å². The van der Waals surface area contributed by atoms with Crippen molar-refractivity contribution in [1.82, 2.24) is 15.0 Å². The van der Waals surface area contributed by atoms with Crippen molar-refractivity contribution in [2.24, 2.45) is 0 Å². The molecule has 0 radical (unpaired) electrons.